The van der Waals surface area contributed by atoms with E-state index in [2.05, 4.69) is 45.3 Å². The first-order chi connectivity index (χ1) is 12.1. The van der Waals surface area contributed by atoms with Gasteiger partial charge >= 0.3 is 0 Å². The fourth-order valence-corrected chi connectivity index (χ4v) is 3.16. The predicted octanol–water partition coefficient (Wildman–Crippen LogP) is 2.55. The SMILES string of the molecule is CN=C(NCc1cc2c(cc1OC)CC(C)O2)N(C)Cc1ccc[nH]1. The number of nitrogens with one attached hydrogen (secondary N) is 2. The molecule has 1 unspecified atom stereocenters. The Morgan fingerprint density at radius 1 is 1.48 bits per heavy atom. The molecule has 1 aliphatic heterocycles. The number of guanidine groups is 1. The van der Waals surface area contributed by atoms with Crippen LogP contribution in [-0.2, 0) is 19.5 Å². The molecule has 0 fully saturated rings. The van der Waals surface area contributed by atoms with Crippen LogP contribution in [0.1, 0.15) is 23.7 Å². The molecule has 1 aliphatic rings. The molecule has 1 atom stereocenters. The summed E-state index contributed by atoms with van der Waals surface area (Å²) in [6.45, 7) is 3.46. The number of methoxy groups -OCH3 is 1. The molecular formula is C19H26N4O2. The number of fused-ring (bicyclic) bond motifs is 1. The summed E-state index contributed by atoms with van der Waals surface area (Å²) in [6, 6.07) is 8.21. The van der Waals surface area contributed by atoms with E-state index < -0.39 is 0 Å². The van der Waals surface area contributed by atoms with Gasteiger partial charge in [0.2, 0.25) is 0 Å². The lowest BCUT2D eigenvalue weighted by Crippen LogP contribution is -2.38. The number of hydrogen-bond acceptors (Lipinski definition) is 3. The highest BCUT2D eigenvalue weighted by Gasteiger charge is 2.21. The number of benzene rings is 1. The number of rotatable bonds is 5. The number of H-pyrrole nitrogens is 1. The van der Waals surface area contributed by atoms with E-state index in [1.807, 2.05) is 19.3 Å². The maximum absolute atomic E-state index is 5.87. The minimum Gasteiger partial charge on any atom is -0.496 e. The average Bonchev–Trinajstić information content (AvgIpc) is 3.22. The zero-order valence-electron chi connectivity index (χ0n) is 15.3. The zero-order valence-corrected chi connectivity index (χ0v) is 15.3. The summed E-state index contributed by atoms with van der Waals surface area (Å²) in [5.74, 6) is 2.66. The Kier molecular flexibility index (Phi) is 5.16. The highest BCUT2D eigenvalue weighted by atomic mass is 16.5. The molecule has 0 spiro atoms. The first-order valence-corrected chi connectivity index (χ1v) is 8.51. The maximum Gasteiger partial charge on any atom is 0.194 e. The Hall–Kier alpha value is -2.63. The van der Waals surface area contributed by atoms with Crippen molar-refractivity contribution < 1.29 is 9.47 Å². The second-order valence-corrected chi connectivity index (χ2v) is 6.36. The van der Waals surface area contributed by atoms with Crippen LogP contribution in [0.4, 0.5) is 0 Å². The molecule has 2 N–H and O–H groups in total. The summed E-state index contributed by atoms with van der Waals surface area (Å²) < 4.78 is 11.4. The molecule has 3 rings (SSSR count). The number of aromatic amines is 1. The molecule has 1 aromatic carbocycles. The average molecular weight is 342 g/mol. The van der Waals surface area contributed by atoms with Crippen LogP contribution >= 0.6 is 0 Å². The van der Waals surface area contributed by atoms with Gasteiger partial charge in [0.1, 0.15) is 17.6 Å². The Bertz CT molecular complexity index is 740. The van der Waals surface area contributed by atoms with Gasteiger partial charge in [-0.05, 0) is 31.2 Å². The lowest BCUT2D eigenvalue weighted by molar-refractivity contribution is 0.254. The molecule has 0 saturated carbocycles. The van der Waals surface area contributed by atoms with Crippen LogP contribution in [0.5, 0.6) is 11.5 Å². The van der Waals surface area contributed by atoms with Gasteiger partial charge in [-0.15, -0.1) is 0 Å². The number of nitrogens with zero attached hydrogens (tertiary/aromatic N) is 2. The van der Waals surface area contributed by atoms with Crippen LogP contribution in [0, 0.1) is 0 Å². The van der Waals surface area contributed by atoms with Crippen molar-refractivity contribution in [2.45, 2.75) is 32.5 Å². The van der Waals surface area contributed by atoms with E-state index in [-0.39, 0.29) is 6.10 Å². The predicted molar refractivity (Wildman–Crippen MR) is 99.2 cm³/mol. The lowest BCUT2D eigenvalue weighted by Gasteiger charge is -2.22. The number of ether oxygens (including phenoxy) is 2. The molecule has 1 aromatic heterocycles. The van der Waals surface area contributed by atoms with Gasteiger partial charge < -0.3 is 24.7 Å². The van der Waals surface area contributed by atoms with E-state index in [0.717, 1.165) is 41.7 Å². The maximum atomic E-state index is 5.87. The van der Waals surface area contributed by atoms with Crippen LogP contribution in [0.25, 0.3) is 0 Å². The molecule has 0 bridgehead atoms. The smallest absolute Gasteiger partial charge is 0.194 e. The largest absolute Gasteiger partial charge is 0.496 e. The standard InChI is InChI=1S/C19H26N4O2/c1-13-8-14-9-17(24-4)15(10-18(14)25-13)11-22-19(20-2)23(3)12-16-6-5-7-21-16/h5-7,9-10,13,21H,8,11-12H2,1-4H3,(H,20,22). The van der Waals surface area contributed by atoms with Gasteiger partial charge in [-0.2, -0.15) is 0 Å². The molecule has 0 radical (unpaired) electrons. The van der Waals surface area contributed by atoms with E-state index >= 15 is 0 Å². The molecule has 6 nitrogen and oxygen atoms in total. The van der Waals surface area contributed by atoms with E-state index in [4.69, 9.17) is 9.47 Å². The lowest BCUT2D eigenvalue weighted by atomic mass is 10.1. The summed E-state index contributed by atoms with van der Waals surface area (Å²) in [7, 11) is 5.51. The molecule has 0 amide bonds. The first-order valence-electron chi connectivity index (χ1n) is 8.51. The Balaban J connectivity index is 1.68. The molecule has 2 aromatic rings. The normalized spacial score (nSPS) is 16.3. The van der Waals surface area contributed by atoms with Crippen LogP contribution in [-0.4, -0.2) is 43.2 Å². The molecule has 0 saturated heterocycles. The summed E-state index contributed by atoms with van der Waals surface area (Å²) >= 11 is 0. The molecule has 0 aliphatic carbocycles. The van der Waals surface area contributed by atoms with Crippen LogP contribution in [0.3, 0.4) is 0 Å². The minimum atomic E-state index is 0.225. The van der Waals surface area contributed by atoms with E-state index in [1.54, 1.807) is 14.2 Å². The van der Waals surface area contributed by atoms with Gasteiger partial charge in [0.25, 0.3) is 0 Å². The van der Waals surface area contributed by atoms with Crippen molar-refractivity contribution in [1.82, 2.24) is 15.2 Å². The molecule has 134 valence electrons. The summed E-state index contributed by atoms with van der Waals surface area (Å²) in [4.78, 5) is 9.65. The summed E-state index contributed by atoms with van der Waals surface area (Å²) in [5, 5.41) is 3.40. The van der Waals surface area contributed by atoms with Crippen molar-refractivity contribution in [2.75, 3.05) is 21.2 Å². The quantitative estimate of drug-likeness (QED) is 0.648. The van der Waals surface area contributed by atoms with Gasteiger partial charge in [-0.25, -0.2) is 0 Å². The van der Waals surface area contributed by atoms with Gasteiger partial charge in [-0.3, -0.25) is 4.99 Å². The van der Waals surface area contributed by atoms with Crippen molar-refractivity contribution >= 4 is 5.96 Å². The molecule has 6 heteroatoms. The van der Waals surface area contributed by atoms with Crippen LogP contribution in [0.2, 0.25) is 0 Å². The van der Waals surface area contributed by atoms with Crippen LogP contribution in [0.15, 0.2) is 35.5 Å². The number of aromatic nitrogens is 1. The molecule has 2 heterocycles. The van der Waals surface area contributed by atoms with E-state index in [1.165, 1.54) is 5.56 Å². The van der Waals surface area contributed by atoms with Crippen molar-refractivity contribution in [3.05, 3.63) is 47.3 Å². The van der Waals surface area contributed by atoms with Crippen molar-refractivity contribution in [3.8, 4) is 11.5 Å². The third kappa shape index (κ3) is 3.90. The number of aliphatic imine (C=N–C) groups is 1. The van der Waals surface area contributed by atoms with Gasteiger partial charge in [0, 0.05) is 50.1 Å². The monoisotopic (exact) mass is 342 g/mol. The third-order valence-electron chi connectivity index (χ3n) is 4.38. The fourth-order valence-electron chi connectivity index (χ4n) is 3.16. The van der Waals surface area contributed by atoms with Gasteiger partial charge in [0.05, 0.1) is 13.7 Å². The second-order valence-electron chi connectivity index (χ2n) is 6.36. The zero-order chi connectivity index (χ0) is 17.8. The Morgan fingerprint density at radius 3 is 3.00 bits per heavy atom. The Morgan fingerprint density at radius 2 is 2.32 bits per heavy atom. The van der Waals surface area contributed by atoms with Crippen molar-refractivity contribution in [2.24, 2.45) is 4.99 Å². The summed E-state index contributed by atoms with van der Waals surface area (Å²) in [5.41, 5.74) is 3.41. The van der Waals surface area contributed by atoms with Crippen molar-refractivity contribution in [3.63, 3.8) is 0 Å². The topological polar surface area (TPSA) is 61.9 Å². The molecule has 25 heavy (non-hydrogen) atoms. The summed E-state index contributed by atoms with van der Waals surface area (Å²) in [6.07, 6.45) is 3.08. The minimum absolute atomic E-state index is 0.225. The fraction of sp³-hybridized carbons (Fsp3) is 0.421. The van der Waals surface area contributed by atoms with Crippen molar-refractivity contribution in [1.29, 1.82) is 0 Å². The van der Waals surface area contributed by atoms with Gasteiger partial charge in [-0.1, -0.05) is 0 Å². The van der Waals surface area contributed by atoms with E-state index in [0.29, 0.717) is 6.54 Å². The first kappa shape index (κ1) is 17.2. The second kappa shape index (κ2) is 7.51. The highest BCUT2D eigenvalue weighted by molar-refractivity contribution is 5.79. The third-order valence-corrected chi connectivity index (χ3v) is 4.38. The van der Waals surface area contributed by atoms with E-state index in [9.17, 15) is 0 Å². The van der Waals surface area contributed by atoms with Crippen LogP contribution < -0.4 is 14.8 Å². The van der Waals surface area contributed by atoms with Gasteiger partial charge in [0.15, 0.2) is 5.96 Å². The molecular weight excluding hydrogens is 316 g/mol. The Labute approximate surface area is 148 Å². The number of hydrogen-bond donors (Lipinski definition) is 2. The highest BCUT2D eigenvalue weighted by Crippen LogP contribution is 2.34.